The number of nitrogens with two attached hydrogens (primary N) is 1. The summed E-state index contributed by atoms with van der Waals surface area (Å²) in [6.07, 6.45) is 5.86. The van der Waals surface area contributed by atoms with E-state index in [2.05, 4.69) is 10.3 Å². The summed E-state index contributed by atoms with van der Waals surface area (Å²) in [5, 5.41) is 3.01. The molecule has 0 atom stereocenters. The number of pyridine rings is 1. The third-order valence-electron chi connectivity index (χ3n) is 8.53. The van der Waals surface area contributed by atoms with Crippen molar-refractivity contribution < 1.29 is 14.0 Å². The highest BCUT2D eigenvalue weighted by atomic mass is 19.1. The monoisotopic (exact) mass is 528 g/mol. The van der Waals surface area contributed by atoms with Crippen molar-refractivity contribution in [3.63, 3.8) is 0 Å². The maximum atomic E-state index is 13.5. The highest BCUT2D eigenvalue weighted by molar-refractivity contribution is 5.92. The quantitative estimate of drug-likeness (QED) is 0.390. The van der Waals surface area contributed by atoms with Crippen LogP contribution in [0.5, 0.6) is 0 Å². The number of hydrogen-bond donors (Lipinski definition) is 2. The van der Waals surface area contributed by atoms with Crippen molar-refractivity contribution in [1.29, 1.82) is 0 Å². The molecule has 0 spiro atoms. The van der Waals surface area contributed by atoms with Crippen LogP contribution in [0.1, 0.15) is 57.4 Å². The Bertz CT molecular complexity index is 1310. The molecule has 7 heteroatoms. The molecule has 2 aliphatic carbocycles. The van der Waals surface area contributed by atoms with Crippen LogP contribution in [0, 0.1) is 5.92 Å². The Morgan fingerprint density at radius 1 is 1.00 bits per heavy atom. The Balaban J connectivity index is 1.30. The number of amides is 2. The van der Waals surface area contributed by atoms with Gasteiger partial charge in [-0.15, -0.1) is 0 Å². The first-order valence-corrected chi connectivity index (χ1v) is 13.8. The summed E-state index contributed by atoms with van der Waals surface area (Å²) in [6, 6.07) is 20.2. The van der Waals surface area contributed by atoms with Gasteiger partial charge >= 0.3 is 0 Å². The van der Waals surface area contributed by atoms with E-state index in [1.807, 2.05) is 72.6 Å². The molecule has 2 saturated carbocycles. The van der Waals surface area contributed by atoms with Crippen molar-refractivity contribution in [1.82, 2.24) is 9.88 Å². The van der Waals surface area contributed by atoms with E-state index in [9.17, 15) is 14.0 Å². The fraction of sp³-hybridized carbons (Fsp3) is 0.406. The van der Waals surface area contributed by atoms with E-state index in [1.165, 1.54) is 0 Å². The second kappa shape index (κ2) is 11.3. The number of nitrogens with one attached hydrogen (secondary N) is 1. The maximum absolute atomic E-state index is 13.5. The first kappa shape index (κ1) is 27.0. The Hall–Kier alpha value is -3.58. The van der Waals surface area contributed by atoms with Crippen molar-refractivity contribution in [2.45, 2.75) is 69.6 Å². The van der Waals surface area contributed by atoms with Crippen LogP contribution in [-0.2, 0) is 15.1 Å². The number of carbonyl (C=O) groups excluding carboxylic acids is 2. The molecule has 0 unspecified atom stereocenters. The number of rotatable bonds is 7. The standard InChI is InChI=1S/C32H37FN4O2/c1-21(38)37(2)27-14-8-22(9-15-27)16-31(39)36-30-17-28(23-6-4-3-5-7-23)29(20-35-30)24-10-12-25(13-11-24)32(34)18-26(33)19-32/h3-7,10-13,17,20,22,26-27H,8-9,14-16,18-19,34H2,1-2H3,(H,35,36,39). The van der Waals surface area contributed by atoms with Gasteiger partial charge in [-0.1, -0.05) is 54.6 Å². The molecule has 0 radical (unpaired) electrons. The number of carbonyl (C=O) groups is 2. The van der Waals surface area contributed by atoms with Crippen LogP contribution >= 0.6 is 0 Å². The number of benzene rings is 2. The topological polar surface area (TPSA) is 88.3 Å². The lowest BCUT2D eigenvalue weighted by Crippen LogP contribution is -2.50. The lowest BCUT2D eigenvalue weighted by Gasteiger charge is -2.41. The van der Waals surface area contributed by atoms with Crippen molar-refractivity contribution >= 4 is 17.6 Å². The van der Waals surface area contributed by atoms with Gasteiger partial charge in [-0.25, -0.2) is 9.37 Å². The van der Waals surface area contributed by atoms with Crippen LogP contribution in [0.4, 0.5) is 10.2 Å². The largest absolute Gasteiger partial charge is 0.343 e. The first-order chi connectivity index (χ1) is 18.7. The molecule has 1 heterocycles. The average Bonchev–Trinajstić information content (AvgIpc) is 2.93. The van der Waals surface area contributed by atoms with Crippen molar-refractivity contribution in [3.8, 4) is 22.3 Å². The fourth-order valence-corrected chi connectivity index (χ4v) is 6.01. The molecule has 6 nitrogen and oxygen atoms in total. The van der Waals surface area contributed by atoms with Crippen molar-refractivity contribution in [2.24, 2.45) is 11.7 Å². The van der Waals surface area contributed by atoms with E-state index in [4.69, 9.17) is 5.73 Å². The zero-order valence-corrected chi connectivity index (χ0v) is 22.7. The summed E-state index contributed by atoms with van der Waals surface area (Å²) < 4.78 is 13.5. The molecule has 39 heavy (non-hydrogen) atoms. The van der Waals surface area contributed by atoms with Gasteiger partial charge in [0.1, 0.15) is 12.0 Å². The minimum atomic E-state index is -0.824. The summed E-state index contributed by atoms with van der Waals surface area (Å²) in [5.41, 5.74) is 10.7. The molecule has 2 amide bonds. The number of alkyl halides is 1. The maximum Gasteiger partial charge on any atom is 0.225 e. The van der Waals surface area contributed by atoms with E-state index >= 15 is 0 Å². The normalized spacial score (nSPS) is 24.5. The molecule has 3 N–H and O–H groups in total. The molecule has 2 aromatic carbocycles. The fourth-order valence-electron chi connectivity index (χ4n) is 6.01. The average molecular weight is 529 g/mol. The molecule has 2 aliphatic rings. The van der Waals surface area contributed by atoms with E-state index < -0.39 is 11.7 Å². The van der Waals surface area contributed by atoms with Crippen LogP contribution in [0.2, 0.25) is 0 Å². The van der Waals surface area contributed by atoms with E-state index in [0.717, 1.165) is 53.5 Å². The molecule has 1 aromatic heterocycles. The smallest absolute Gasteiger partial charge is 0.225 e. The highest BCUT2D eigenvalue weighted by Gasteiger charge is 2.42. The predicted octanol–water partition coefficient (Wildman–Crippen LogP) is 6.07. The molecule has 0 aliphatic heterocycles. The molecule has 2 fully saturated rings. The molecular formula is C32H37FN4O2. The summed E-state index contributed by atoms with van der Waals surface area (Å²) in [5.74, 6) is 0.880. The van der Waals surface area contributed by atoms with E-state index in [1.54, 1.807) is 13.1 Å². The number of aromatic nitrogens is 1. The molecule has 0 saturated heterocycles. The Morgan fingerprint density at radius 3 is 2.26 bits per heavy atom. The third kappa shape index (κ3) is 6.04. The number of nitrogens with zero attached hydrogens (tertiary/aromatic N) is 2. The molecule has 0 bridgehead atoms. The molecular weight excluding hydrogens is 491 g/mol. The minimum absolute atomic E-state index is 0.0399. The third-order valence-corrected chi connectivity index (χ3v) is 8.53. The first-order valence-electron chi connectivity index (χ1n) is 13.8. The van der Waals surface area contributed by atoms with Crippen LogP contribution in [0.15, 0.2) is 66.9 Å². The van der Waals surface area contributed by atoms with Crippen molar-refractivity contribution in [2.75, 3.05) is 12.4 Å². The van der Waals surface area contributed by atoms with Crippen LogP contribution in [0.3, 0.4) is 0 Å². The number of halogens is 1. The van der Waals surface area contributed by atoms with Gasteiger partial charge in [-0.3, -0.25) is 9.59 Å². The Morgan fingerprint density at radius 2 is 1.64 bits per heavy atom. The number of hydrogen-bond acceptors (Lipinski definition) is 4. The van der Waals surface area contributed by atoms with Gasteiger partial charge in [0.2, 0.25) is 11.8 Å². The molecule has 3 aromatic rings. The lowest BCUT2D eigenvalue weighted by molar-refractivity contribution is -0.130. The van der Waals surface area contributed by atoms with Crippen LogP contribution in [-0.4, -0.2) is 41.0 Å². The minimum Gasteiger partial charge on any atom is -0.343 e. The van der Waals surface area contributed by atoms with Gasteiger partial charge in [0.25, 0.3) is 0 Å². The van der Waals surface area contributed by atoms with Gasteiger partial charge in [0.15, 0.2) is 0 Å². The Kier molecular flexibility index (Phi) is 7.80. The highest BCUT2D eigenvalue weighted by Crippen LogP contribution is 2.42. The SMILES string of the molecule is CC(=O)N(C)C1CCC(CC(=O)Nc2cc(-c3ccccc3)c(-c3ccc(C4(N)CC(F)C4)cc3)cn2)CC1. The van der Waals surface area contributed by atoms with Gasteiger partial charge in [-0.05, 0) is 59.9 Å². The van der Waals surface area contributed by atoms with Gasteiger partial charge < -0.3 is 16.0 Å². The summed E-state index contributed by atoms with van der Waals surface area (Å²) in [6.45, 7) is 1.60. The van der Waals surface area contributed by atoms with Gasteiger partial charge in [0.05, 0.1) is 0 Å². The zero-order valence-electron chi connectivity index (χ0n) is 22.7. The second-order valence-corrected chi connectivity index (χ2v) is 11.3. The molecule has 204 valence electrons. The zero-order chi connectivity index (χ0) is 27.6. The van der Waals surface area contributed by atoms with Crippen LogP contribution < -0.4 is 11.1 Å². The van der Waals surface area contributed by atoms with Crippen molar-refractivity contribution in [3.05, 3.63) is 72.4 Å². The van der Waals surface area contributed by atoms with Gasteiger partial charge in [0, 0.05) is 56.6 Å². The predicted molar refractivity (Wildman–Crippen MR) is 153 cm³/mol. The second-order valence-electron chi connectivity index (χ2n) is 11.3. The van der Waals surface area contributed by atoms with Crippen LogP contribution in [0.25, 0.3) is 22.3 Å². The number of anilines is 1. The van der Waals surface area contributed by atoms with Gasteiger partial charge in [-0.2, -0.15) is 0 Å². The molecule has 5 rings (SSSR count). The van der Waals surface area contributed by atoms with E-state index in [0.29, 0.717) is 31.0 Å². The summed E-state index contributed by atoms with van der Waals surface area (Å²) >= 11 is 0. The summed E-state index contributed by atoms with van der Waals surface area (Å²) in [7, 11) is 1.86. The van der Waals surface area contributed by atoms with E-state index in [-0.39, 0.29) is 17.9 Å². The summed E-state index contributed by atoms with van der Waals surface area (Å²) in [4.78, 5) is 31.0. The Labute approximate surface area is 229 Å². The lowest BCUT2D eigenvalue weighted by atomic mass is 9.71.